The summed E-state index contributed by atoms with van der Waals surface area (Å²) in [5.41, 5.74) is 2.34. The lowest BCUT2D eigenvalue weighted by Crippen LogP contribution is -2.32. The molecule has 0 aliphatic heterocycles. The number of urea groups is 1. The minimum atomic E-state index is -0.312. The van der Waals surface area contributed by atoms with Crippen molar-refractivity contribution in [2.45, 2.75) is 46.2 Å². The van der Waals surface area contributed by atoms with Crippen molar-refractivity contribution in [3.05, 3.63) is 30.0 Å². The van der Waals surface area contributed by atoms with Crippen LogP contribution in [0.25, 0.3) is 0 Å². The fraction of sp³-hybridized carbons (Fsp3) is 0.529. The van der Waals surface area contributed by atoms with Crippen molar-refractivity contribution in [1.29, 1.82) is 0 Å². The van der Waals surface area contributed by atoms with Gasteiger partial charge in [0.05, 0.1) is 23.5 Å². The first-order valence-electron chi connectivity index (χ1n) is 8.21. The van der Waals surface area contributed by atoms with Crippen LogP contribution in [0.3, 0.4) is 0 Å². The number of nitrogens with one attached hydrogen (secondary N) is 2. The molecule has 2 N–H and O–H groups in total. The molecule has 0 spiro atoms. The first-order chi connectivity index (χ1) is 11.6. The van der Waals surface area contributed by atoms with Crippen LogP contribution < -0.4 is 15.5 Å². The second-order valence-electron chi connectivity index (χ2n) is 7.26. The quantitative estimate of drug-likeness (QED) is 0.889. The minimum Gasteiger partial charge on any atom is -0.361 e. The van der Waals surface area contributed by atoms with Crippen LogP contribution in [0.2, 0.25) is 0 Å². The number of anilines is 2. The Labute approximate surface area is 148 Å². The van der Waals surface area contributed by atoms with E-state index in [1.54, 1.807) is 6.20 Å². The van der Waals surface area contributed by atoms with Crippen molar-refractivity contribution in [2.24, 2.45) is 0 Å². The second kappa shape index (κ2) is 7.08. The predicted octanol–water partition coefficient (Wildman–Crippen LogP) is 2.69. The summed E-state index contributed by atoms with van der Waals surface area (Å²) in [6.07, 6.45) is 5.01. The fourth-order valence-corrected chi connectivity index (χ4v) is 2.44. The highest BCUT2D eigenvalue weighted by molar-refractivity contribution is 5.92. The van der Waals surface area contributed by atoms with E-state index in [0.717, 1.165) is 11.3 Å². The molecule has 0 saturated carbocycles. The fourth-order valence-electron chi connectivity index (χ4n) is 2.44. The Kier molecular flexibility index (Phi) is 5.30. The largest absolute Gasteiger partial charge is 0.361 e. The van der Waals surface area contributed by atoms with E-state index >= 15 is 0 Å². The number of hydrogen-bond acceptors (Lipinski definition) is 5. The summed E-state index contributed by atoms with van der Waals surface area (Å²) in [4.78, 5) is 22.3. The van der Waals surface area contributed by atoms with Crippen LogP contribution in [-0.4, -0.2) is 39.9 Å². The van der Waals surface area contributed by atoms with Crippen LogP contribution in [-0.2, 0) is 5.54 Å². The van der Waals surface area contributed by atoms with Gasteiger partial charge in [0.1, 0.15) is 12.0 Å². The van der Waals surface area contributed by atoms with Gasteiger partial charge in [0, 0.05) is 25.9 Å². The van der Waals surface area contributed by atoms with Gasteiger partial charge in [-0.15, -0.1) is 0 Å². The molecule has 0 bridgehead atoms. The molecule has 2 aromatic heterocycles. The van der Waals surface area contributed by atoms with Crippen molar-refractivity contribution in [1.82, 2.24) is 25.1 Å². The summed E-state index contributed by atoms with van der Waals surface area (Å²) in [6, 6.07) is -0.489. The van der Waals surface area contributed by atoms with Crippen LogP contribution in [0.15, 0.2) is 18.7 Å². The number of carbonyl (C=O) groups excluding carboxylic acids is 1. The standard InChI is InChI=1S/C17H27N7O/c1-11(13-9-24(17(3,4)5)22-12(13)2)20-16(25)21-14-8-18-10-19-15(14)23(6)7/h8-11H,1-7H3,(H2,20,21,25). The summed E-state index contributed by atoms with van der Waals surface area (Å²) in [7, 11) is 3.72. The third-order valence-corrected chi connectivity index (χ3v) is 3.80. The van der Waals surface area contributed by atoms with Crippen LogP contribution >= 0.6 is 0 Å². The lowest BCUT2D eigenvalue weighted by atomic mass is 10.1. The first-order valence-corrected chi connectivity index (χ1v) is 8.21. The summed E-state index contributed by atoms with van der Waals surface area (Å²) < 4.78 is 1.92. The molecule has 0 radical (unpaired) electrons. The number of carbonyl (C=O) groups is 1. The van der Waals surface area contributed by atoms with Crippen LogP contribution in [0.5, 0.6) is 0 Å². The molecule has 136 valence electrons. The molecular weight excluding hydrogens is 318 g/mol. The highest BCUT2D eigenvalue weighted by Gasteiger charge is 2.20. The molecule has 2 heterocycles. The zero-order valence-corrected chi connectivity index (χ0v) is 16.0. The smallest absolute Gasteiger partial charge is 0.319 e. The van der Waals surface area contributed by atoms with E-state index in [2.05, 4.69) is 46.5 Å². The highest BCUT2D eigenvalue weighted by Crippen LogP contribution is 2.22. The molecule has 0 aromatic carbocycles. The molecule has 2 aromatic rings. The maximum Gasteiger partial charge on any atom is 0.319 e. The topological polar surface area (TPSA) is 88.0 Å². The Bertz CT molecular complexity index is 746. The van der Waals surface area contributed by atoms with Gasteiger partial charge in [-0.2, -0.15) is 5.10 Å². The maximum atomic E-state index is 12.4. The third-order valence-electron chi connectivity index (χ3n) is 3.80. The van der Waals surface area contributed by atoms with Gasteiger partial charge in [-0.1, -0.05) is 0 Å². The van der Waals surface area contributed by atoms with Crippen molar-refractivity contribution < 1.29 is 4.79 Å². The van der Waals surface area contributed by atoms with Gasteiger partial charge < -0.3 is 15.5 Å². The monoisotopic (exact) mass is 345 g/mol. The zero-order valence-electron chi connectivity index (χ0n) is 16.0. The van der Waals surface area contributed by atoms with Gasteiger partial charge in [-0.3, -0.25) is 4.68 Å². The Morgan fingerprint density at radius 1 is 1.32 bits per heavy atom. The number of nitrogens with zero attached hydrogens (tertiary/aromatic N) is 5. The predicted molar refractivity (Wildman–Crippen MR) is 98.9 cm³/mol. The van der Waals surface area contributed by atoms with Crippen LogP contribution in [0.1, 0.15) is 45.0 Å². The van der Waals surface area contributed by atoms with Crippen LogP contribution in [0.4, 0.5) is 16.3 Å². The molecule has 2 amide bonds. The number of hydrogen-bond donors (Lipinski definition) is 2. The molecule has 0 aliphatic carbocycles. The van der Waals surface area contributed by atoms with Gasteiger partial charge in [0.15, 0.2) is 5.82 Å². The second-order valence-corrected chi connectivity index (χ2v) is 7.26. The highest BCUT2D eigenvalue weighted by atomic mass is 16.2. The Morgan fingerprint density at radius 3 is 2.56 bits per heavy atom. The summed E-state index contributed by atoms with van der Waals surface area (Å²) in [6.45, 7) is 10.2. The lowest BCUT2D eigenvalue weighted by Gasteiger charge is -2.19. The van der Waals surface area contributed by atoms with Crippen molar-refractivity contribution >= 4 is 17.5 Å². The van der Waals surface area contributed by atoms with E-state index in [0.29, 0.717) is 11.5 Å². The van der Waals surface area contributed by atoms with E-state index in [9.17, 15) is 4.79 Å². The lowest BCUT2D eigenvalue weighted by molar-refractivity contribution is 0.249. The molecular formula is C17H27N7O. The van der Waals surface area contributed by atoms with E-state index in [-0.39, 0.29) is 17.6 Å². The molecule has 8 heteroatoms. The average molecular weight is 345 g/mol. The van der Waals surface area contributed by atoms with Gasteiger partial charge >= 0.3 is 6.03 Å². The molecule has 2 rings (SSSR count). The first kappa shape index (κ1) is 18.7. The zero-order chi connectivity index (χ0) is 18.8. The summed E-state index contributed by atoms with van der Waals surface area (Å²) >= 11 is 0. The minimum absolute atomic E-state index is 0.104. The average Bonchev–Trinajstić information content (AvgIpc) is 2.89. The Balaban J connectivity index is 2.10. The van der Waals surface area contributed by atoms with E-state index in [1.807, 2.05) is 43.7 Å². The van der Waals surface area contributed by atoms with Gasteiger partial charge in [-0.25, -0.2) is 14.8 Å². The van der Waals surface area contributed by atoms with Gasteiger partial charge in [0.25, 0.3) is 0 Å². The van der Waals surface area contributed by atoms with E-state index < -0.39 is 0 Å². The normalized spacial score (nSPS) is 12.6. The molecule has 0 fully saturated rings. The Hall–Kier alpha value is -2.64. The number of rotatable bonds is 4. The molecule has 0 aliphatic rings. The van der Waals surface area contributed by atoms with Crippen molar-refractivity contribution in [3.8, 4) is 0 Å². The number of aryl methyl sites for hydroxylation is 1. The molecule has 1 unspecified atom stereocenters. The number of amides is 2. The van der Waals surface area contributed by atoms with Crippen LogP contribution in [0, 0.1) is 6.92 Å². The molecule has 1 atom stereocenters. The van der Waals surface area contributed by atoms with Crippen molar-refractivity contribution in [2.75, 3.05) is 24.3 Å². The molecule has 25 heavy (non-hydrogen) atoms. The molecule has 0 saturated heterocycles. The maximum absolute atomic E-state index is 12.4. The third kappa shape index (κ3) is 4.46. The van der Waals surface area contributed by atoms with E-state index in [1.165, 1.54) is 6.33 Å². The van der Waals surface area contributed by atoms with Gasteiger partial charge in [-0.05, 0) is 34.6 Å². The SMILES string of the molecule is Cc1nn(C(C)(C)C)cc1C(C)NC(=O)Nc1cncnc1N(C)C. The van der Waals surface area contributed by atoms with Crippen molar-refractivity contribution in [3.63, 3.8) is 0 Å². The van der Waals surface area contributed by atoms with Gasteiger partial charge in [0.2, 0.25) is 0 Å². The number of aromatic nitrogens is 4. The van der Waals surface area contributed by atoms with E-state index in [4.69, 9.17) is 0 Å². The summed E-state index contributed by atoms with van der Waals surface area (Å²) in [5, 5.41) is 10.3. The molecule has 8 nitrogen and oxygen atoms in total. The Morgan fingerprint density at radius 2 is 2.00 bits per heavy atom. The summed E-state index contributed by atoms with van der Waals surface area (Å²) in [5.74, 6) is 0.648.